The van der Waals surface area contributed by atoms with E-state index in [0.717, 1.165) is 13.0 Å². The molecule has 0 aliphatic carbocycles. The van der Waals surface area contributed by atoms with Crippen molar-refractivity contribution in [2.24, 2.45) is 0 Å². The molecule has 1 unspecified atom stereocenters. The lowest BCUT2D eigenvalue weighted by molar-refractivity contribution is -0.120. The van der Waals surface area contributed by atoms with Gasteiger partial charge in [-0.3, -0.25) is 4.79 Å². The Hall–Kier alpha value is -0.880. The first-order valence-corrected chi connectivity index (χ1v) is 5.41. The van der Waals surface area contributed by atoms with Crippen LogP contribution in [0.3, 0.4) is 0 Å². The molecule has 0 fully saturated rings. The molecule has 0 bridgehead atoms. The van der Waals surface area contributed by atoms with Crippen molar-refractivity contribution >= 4 is 20.5 Å². The quantitative estimate of drug-likeness (QED) is 0.743. The minimum absolute atomic E-state index is 0.118. The molecule has 0 spiro atoms. The van der Waals surface area contributed by atoms with Crippen LogP contribution in [0.4, 0.5) is 0 Å². The Bertz CT molecular complexity index is 295. The van der Waals surface area contributed by atoms with E-state index in [0.29, 0.717) is 6.42 Å². The van der Waals surface area contributed by atoms with Crippen molar-refractivity contribution in [2.75, 3.05) is 6.54 Å². The molecule has 0 heterocycles. The predicted molar refractivity (Wildman–Crippen MR) is 62.8 cm³/mol. The topological polar surface area (TPSA) is 29.1 Å². The van der Waals surface area contributed by atoms with Crippen LogP contribution in [0.2, 0.25) is 0 Å². The largest absolute Gasteiger partial charge is 0.356 e. The number of benzene rings is 1. The van der Waals surface area contributed by atoms with E-state index in [-0.39, 0.29) is 5.91 Å². The molecule has 0 saturated carbocycles. The van der Waals surface area contributed by atoms with E-state index >= 15 is 0 Å². The number of hydrogen-bond donors (Lipinski definition) is 1. The molecule has 0 aliphatic heterocycles. The number of hydrogen-bond acceptors (Lipinski definition) is 1. The summed E-state index contributed by atoms with van der Waals surface area (Å²) in [4.78, 5) is 10.9. The molecule has 14 heavy (non-hydrogen) atoms. The molecule has 1 aromatic rings. The number of amides is 1. The lowest BCUT2D eigenvalue weighted by Crippen LogP contribution is -2.24. The second-order valence-electron chi connectivity index (χ2n) is 3.20. The third-order valence-electron chi connectivity index (χ3n) is 2.04. The zero-order chi connectivity index (χ0) is 10.4. The fraction of sp³-hybridized carbons (Fsp3) is 0.364. The van der Waals surface area contributed by atoms with Crippen LogP contribution in [0.25, 0.3) is 0 Å². The maximum absolute atomic E-state index is 10.9. The molecule has 3 heteroatoms. The smallest absolute Gasteiger partial charge is 0.219 e. The summed E-state index contributed by atoms with van der Waals surface area (Å²) < 4.78 is 0. The summed E-state index contributed by atoms with van der Waals surface area (Å²) in [7, 11) is 2.65. The van der Waals surface area contributed by atoms with Crippen molar-refractivity contribution in [1.29, 1.82) is 0 Å². The molecular weight excluding hydrogens is 193 g/mol. The second-order valence-corrected chi connectivity index (χ2v) is 3.86. The number of carbonyl (C=O) groups is 1. The normalized spacial score (nSPS) is 9.86. The van der Waals surface area contributed by atoms with Gasteiger partial charge in [-0.15, -0.1) is 9.24 Å². The van der Waals surface area contributed by atoms with E-state index in [1.165, 1.54) is 10.9 Å². The summed E-state index contributed by atoms with van der Waals surface area (Å²) in [5.74, 6) is 0.118. The monoisotopic (exact) mass is 209 g/mol. The van der Waals surface area contributed by atoms with Gasteiger partial charge in [-0.25, -0.2) is 0 Å². The lowest BCUT2D eigenvalue weighted by atomic mass is 10.1. The SMILES string of the molecule is CCC(=O)NCCc1ccc(P)cc1. The van der Waals surface area contributed by atoms with Gasteiger partial charge < -0.3 is 5.32 Å². The second kappa shape index (κ2) is 5.77. The average molecular weight is 209 g/mol. The number of rotatable bonds is 4. The van der Waals surface area contributed by atoms with Crippen molar-refractivity contribution in [3.05, 3.63) is 29.8 Å². The summed E-state index contributed by atoms with van der Waals surface area (Å²) in [6, 6.07) is 8.28. The van der Waals surface area contributed by atoms with Crippen molar-refractivity contribution in [2.45, 2.75) is 19.8 Å². The van der Waals surface area contributed by atoms with Crippen LogP contribution >= 0.6 is 9.24 Å². The minimum Gasteiger partial charge on any atom is -0.356 e. The predicted octanol–water partition coefficient (Wildman–Crippen LogP) is 1.26. The van der Waals surface area contributed by atoms with Crippen LogP contribution in [0.15, 0.2) is 24.3 Å². The summed E-state index contributed by atoms with van der Waals surface area (Å²) in [6.45, 7) is 2.58. The first kappa shape index (κ1) is 11.2. The molecule has 1 rings (SSSR count). The van der Waals surface area contributed by atoms with Gasteiger partial charge in [-0.05, 0) is 17.3 Å². The van der Waals surface area contributed by atoms with Crippen LogP contribution < -0.4 is 10.6 Å². The maximum atomic E-state index is 10.9. The number of carbonyl (C=O) groups excluding carboxylic acids is 1. The molecule has 0 radical (unpaired) electrons. The fourth-order valence-electron chi connectivity index (χ4n) is 1.16. The standard InChI is InChI=1S/C11H16NOP/c1-2-11(13)12-8-7-9-3-5-10(14)6-4-9/h3-6H,2,7-8,14H2,1H3,(H,12,13). The molecule has 0 aromatic heterocycles. The van der Waals surface area contributed by atoms with E-state index in [1.807, 2.05) is 6.92 Å². The van der Waals surface area contributed by atoms with Gasteiger partial charge in [0.25, 0.3) is 0 Å². The van der Waals surface area contributed by atoms with Crippen molar-refractivity contribution in [3.63, 3.8) is 0 Å². The summed E-state index contributed by atoms with van der Waals surface area (Å²) in [5.41, 5.74) is 1.26. The Morgan fingerprint density at radius 2 is 2.00 bits per heavy atom. The molecule has 1 atom stereocenters. The highest BCUT2D eigenvalue weighted by Crippen LogP contribution is 1.99. The first-order chi connectivity index (χ1) is 6.72. The van der Waals surface area contributed by atoms with E-state index in [2.05, 4.69) is 38.8 Å². The van der Waals surface area contributed by atoms with Gasteiger partial charge in [0.05, 0.1) is 0 Å². The Balaban J connectivity index is 2.31. The van der Waals surface area contributed by atoms with Crippen LogP contribution in [-0.4, -0.2) is 12.5 Å². The third kappa shape index (κ3) is 3.89. The Labute approximate surface area is 87.3 Å². The van der Waals surface area contributed by atoms with E-state index in [4.69, 9.17) is 0 Å². The summed E-state index contributed by atoms with van der Waals surface area (Å²) in [6.07, 6.45) is 1.46. The average Bonchev–Trinajstić information content (AvgIpc) is 2.21. The summed E-state index contributed by atoms with van der Waals surface area (Å²) in [5, 5.41) is 4.04. The third-order valence-corrected chi connectivity index (χ3v) is 2.42. The maximum Gasteiger partial charge on any atom is 0.219 e. The van der Waals surface area contributed by atoms with Crippen molar-refractivity contribution < 1.29 is 4.79 Å². The van der Waals surface area contributed by atoms with E-state index < -0.39 is 0 Å². The van der Waals surface area contributed by atoms with Gasteiger partial charge in [-0.2, -0.15) is 0 Å². The number of nitrogens with one attached hydrogen (secondary N) is 1. The zero-order valence-electron chi connectivity index (χ0n) is 8.42. The summed E-state index contributed by atoms with van der Waals surface area (Å²) >= 11 is 0. The van der Waals surface area contributed by atoms with Crippen LogP contribution in [0.5, 0.6) is 0 Å². The van der Waals surface area contributed by atoms with E-state index in [1.54, 1.807) is 0 Å². The van der Waals surface area contributed by atoms with Gasteiger partial charge in [0.1, 0.15) is 0 Å². The van der Waals surface area contributed by atoms with Gasteiger partial charge in [-0.1, -0.05) is 31.2 Å². The molecule has 76 valence electrons. The molecule has 0 aliphatic rings. The Kier molecular flexibility index (Phi) is 4.61. The molecule has 2 nitrogen and oxygen atoms in total. The van der Waals surface area contributed by atoms with Gasteiger partial charge in [0, 0.05) is 13.0 Å². The zero-order valence-corrected chi connectivity index (χ0v) is 9.57. The van der Waals surface area contributed by atoms with Crippen LogP contribution in [0.1, 0.15) is 18.9 Å². The fourth-order valence-corrected chi connectivity index (χ4v) is 1.35. The highest BCUT2D eigenvalue weighted by Gasteiger charge is 1.96. The molecular formula is C11H16NOP. The highest BCUT2D eigenvalue weighted by atomic mass is 31.0. The Morgan fingerprint density at radius 3 is 2.57 bits per heavy atom. The highest BCUT2D eigenvalue weighted by molar-refractivity contribution is 7.27. The van der Waals surface area contributed by atoms with Crippen molar-refractivity contribution in [3.8, 4) is 0 Å². The van der Waals surface area contributed by atoms with Crippen LogP contribution in [-0.2, 0) is 11.2 Å². The van der Waals surface area contributed by atoms with Gasteiger partial charge in [0.2, 0.25) is 5.91 Å². The minimum atomic E-state index is 0.118. The van der Waals surface area contributed by atoms with Crippen molar-refractivity contribution in [1.82, 2.24) is 5.32 Å². The molecule has 0 saturated heterocycles. The Morgan fingerprint density at radius 1 is 1.36 bits per heavy atom. The van der Waals surface area contributed by atoms with Gasteiger partial charge in [0.15, 0.2) is 0 Å². The first-order valence-electron chi connectivity index (χ1n) is 4.83. The molecule has 1 N–H and O–H groups in total. The molecule has 1 amide bonds. The van der Waals surface area contributed by atoms with E-state index in [9.17, 15) is 4.79 Å². The lowest BCUT2D eigenvalue weighted by Gasteiger charge is -2.03. The van der Waals surface area contributed by atoms with Gasteiger partial charge >= 0.3 is 0 Å². The molecule has 1 aromatic carbocycles. The van der Waals surface area contributed by atoms with Crippen LogP contribution in [0, 0.1) is 0 Å².